The van der Waals surface area contributed by atoms with E-state index in [-0.39, 0.29) is 6.42 Å². The second-order valence-electron chi connectivity index (χ2n) is 5.93. The van der Waals surface area contributed by atoms with E-state index in [0.29, 0.717) is 6.42 Å². The minimum Gasteiger partial charge on any atom is -0.516 e. The highest BCUT2D eigenvalue weighted by atomic mass is 31.0. The first kappa shape index (κ1) is 19.7. The van der Waals surface area contributed by atoms with Gasteiger partial charge in [0, 0.05) is 12.1 Å². The van der Waals surface area contributed by atoms with Crippen LogP contribution in [0.4, 0.5) is 0 Å². The van der Waals surface area contributed by atoms with Crippen LogP contribution in [-0.4, -0.2) is 75.2 Å². The van der Waals surface area contributed by atoms with Gasteiger partial charge in [0.1, 0.15) is 24.4 Å². The molecular weight excluding hydrogens is 341 g/mol. The Bertz CT molecular complexity index is 452. The monoisotopic (exact) mass is 365 g/mol. The van der Waals surface area contributed by atoms with Crippen molar-refractivity contribution in [1.82, 2.24) is 0 Å². The Morgan fingerprint density at radius 2 is 2.04 bits per heavy atom. The smallest absolute Gasteiger partial charge is 0.185 e. The Morgan fingerprint density at radius 3 is 2.62 bits per heavy atom. The SMILES string of the molecule is CCC1OC(O)C(O)CC1OC1OC(C=CO)C(N=O)C(P)C1O. The minimum absolute atomic E-state index is 0.115. The molecule has 10 heteroatoms. The summed E-state index contributed by atoms with van der Waals surface area (Å²) in [4.78, 5) is 11.0. The maximum Gasteiger partial charge on any atom is 0.185 e. The van der Waals surface area contributed by atoms with Crippen LogP contribution in [0, 0.1) is 4.91 Å². The molecule has 0 aromatic carbocycles. The first-order valence-electron chi connectivity index (χ1n) is 7.82. The van der Waals surface area contributed by atoms with Crippen molar-refractivity contribution in [3.63, 3.8) is 0 Å². The van der Waals surface area contributed by atoms with Crippen LogP contribution < -0.4 is 0 Å². The topological polar surface area (TPSA) is 138 Å². The Balaban J connectivity index is 2.11. The average Bonchev–Trinajstić information content (AvgIpc) is 2.56. The molecule has 0 radical (unpaired) electrons. The van der Waals surface area contributed by atoms with Crippen LogP contribution >= 0.6 is 9.24 Å². The number of nitrogens with zero attached hydrogens (tertiary/aromatic N) is 1. The van der Waals surface area contributed by atoms with E-state index in [1.807, 2.05) is 6.92 Å². The number of aliphatic hydroxyl groups excluding tert-OH is 4. The molecule has 0 spiro atoms. The molecule has 0 aromatic rings. The van der Waals surface area contributed by atoms with Gasteiger partial charge in [0.2, 0.25) is 0 Å². The lowest BCUT2D eigenvalue weighted by Gasteiger charge is -2.43. The summed E-state index contributed by atoms with van der Waals surface area (Å²) in [6.45, 7) is 1.84. The van der Waals surface area contributed by atoms with Crippen LogP contribution in [0.1, 0.15) is 19.8 Å². The molecule has 2 aliphatic rings. The fraction of sp³-hybridized carbons (Fsp3) is 0.857. The molecule has 2 aliphatic heterocycles. The number of rotatable bonds is 5. The van der Waals surface area contributed by atoms with Gasteiger partial charge in [-0.25, -0.2) is 0 Å². The van der Waals surface area contributed by atoms with E-state index in [4.69, 9.17) is 19.3 Å². The molecule has 9 nitrogen and oxygen atoms in total. The molecule has 2 rings (SSSR count). The van der Waals surface area contributed by atoms with Gasteiger partial charge in [-0.1, -0.05) is 12.1 Å². The predicted octanol–water partition coefficient (Wildman–Crippen LogP) is -0.214. The van der Waals surface area contributed by atoms with E-state index in [1.165, 1.54) is 6.08 Å². The molecule has 10 atom stereocenters. The number of ether oxygens (including phenoxy) is 3. The molecule has 0 saturated carbocycles. The zero-order valence-corrected chi connectivity index (χ0v) is 14.4. The number of aliphatic hydroxyl groups is 4. The zero-order chi connectivity index (χ0) is 17.9. The van der Waals surface area contributed by atoms with Crippen molar-refractivity contribution in [2.45, 2.75) is 74.6 Å². The maximum atomic E-state index is 11.0. The summed E-state index contributed by atoms with van der Waals surface area (Å²) < 4.78 is 16.6. The highest BCUT2D eigenvalue weighted by Gasteiger charge is 2.46. The third kappa shape index (κ3) is 4.11. The van der Waals surface area contributed by atoms with Crippen molar-refractivity contribution in [2.24, 2.45) is 5.18 Å². The molecule has 4 N–H and O–H groups in total. The van der Waals surface area contributed by atoms with Crippen LogP contribution in [0.25, 0.3) is 0 Å². The molecule has 10 unspecified atom stereocenters. The lowest BCUT2D eigenvalue weighted by molar-refractivity contribution is -0.305. The third-order valence-electron chi connectivity index (χ3n) is 4.34. The Hall–Kier alpha value is -0.670. The fourth-order valence-electron chi connectivity index (χ4n) is 2.94. The second-order valence-corrected chi connectivity index (χ2v) is 6.70. The van der Waals surface area contributed by atoms with E-state index < -0.39 is 54.8 Å². The summed E-state index contributed by atoms with van der Waals surface area (Å²) in [6.07, 6.45) is -3.95. The van der Waals surface area contributed by atoms with E-state index in [2.05, 4.69) is 14.4 Å². The summed E-state index contributed by atoms with van der Waals surface area (Å²) in [5, 5.41) is 41.5. The normalized spacial score (nSPS) is 47.0. The lowest BCUT2D eigenvalue weighted by Crippen LogP contribution is -2.57. The largest absolute Gasteiger partial charge is 0.516 e. The van der Waals surface area contributed by atoms with E-state index in [0.717, 1.165) is 6.26 Å². The van der Waals surface area contributed by atoms with E-state index in [9.17, 15) is 20.2 Å². The standard InChI is InChI=1S/C14H24NO8P/c1-2-7-9(5-6(17)13(19)21-7)23-14-11(18)12(24)10(15-20)8(22-14)3-4-16/h3-4,6-14,16-19H,2,5,24H2,1H3. The first-order chi connectivity index (χ1) is 11.4. The predicted molar refractivity (Wildman–Crippen MR) is 86.2 cm³/mol. The van der Waals surface area contributed by atoms with E-state index in [1.54, 1.807) is 0 Å². The van der Waals surface area contributed by atoms with Crippen molar-refractivity contribution in [1.29, 1.82) is 0 Å². The summed E-state index contributed by atoms with van der Waals surface area (Å²) in [5.41, 5.74) is -0.637. The van der Waals surface area contributed by atoms with Crippen molar-refractivity contribution in [3.8, 4) is 0 Å². The van der Waals surface area contributed by atoms with Crippen LogP contribution in [0.15, 0.2) is 17.5 Å². The van der Waals surface area contributed by atoms with Gasteiger partial charge in [-0.05, 0) is 12.5 Å². The minimum atomic E-state index is -1.28. The van der Waals surface area contributed by atoms with Crippen molar-refractivity contribution in [2.75, 3.05) is 0 Å². The molecule has 2 fully saturated rings. The summed E-state index contributed by atoms with van der Waals surface area (Å²) >= 11 is 0. The molecule has 2 heterocycles. The van der Waals surface area contributed by atoms with Gasteiger partial charge < -0.3 is 34.6 Å². The quantitative estimate of drug-likeness (QED) is 0.298. The highest BCUT2D eigenvalue weighted by molar-refractivity contribution is 7.17. The van der Waals surface area contributed by atoms with Crippen molar-refractivity contribution >= 4 is 9.24 Å². The summed E-state index contributed by atoms with van der Waals surface area (Å²) in [7, 11) is 2.34. The molecule has 0 aliphatic carbocycles. The number of hydrogen-bond donors (Lipinski definition) is 4. The van der Waals surface area contributed by atoms with E-state index >= 15 is 0 Å². The van der Waals surface area contributed by atoms with Crippen LogP contribution in [0.3, 0.4) is 0 Å². The van der Waals surface area contributed by atoms with Crippen LogP contribution in [-0.2, 0) is 14.2 Å². The van der Waals surface area contributed by atoms with Crippen molar-refractivity contribution < 1.29 is 34.6 Å². The van der Waals surface area contributed by atoms with Gasteiger partial charge >= 0.3 is 0 Å². The first-order valence-corrected chi connectivity index (χ1v) is 8.49. The Kier molecular flexibility index (Phi) is 7.06. The Morgan fingerprint density at radius 1 is 1.33 bits per heavy atom. The van der Waals surface area contributed by atoms with Crippen LogP contribution in [0.2, 0.25) is 0 Å². The van der Waals surface area contributed by atoms with Gasteiger partial charge in [0.25, 0.3) is 0 Å². The number of nitroso groups, excluding NO2 is 1. The number of hydrogen-bond acceptors (Lipinski definition) is 9. The molecule has 0 amide bonds. The highest BCUT2D eigenvalue weighted by Crippen LogP contribution is 2.33. The van der Waals surface area contributed by atoms with Gasteiger partial charge in [0.15, 0.2) is 12.6 Å². The van der Waals surface area contributed by atoms with Crippen LogP contribution in [0.5, 0.6) is 0 Å². The second kappa shape index (κ2) is 8.62. The van der Waals surface area contributed by atoms with Gasteiger partial charge in [-0.15, -0.1) is 9.24 Å². The molecule has 0 bridgehead atoms. The Labute approximate surface area is 141 Å². The molecule has 138 valence electrons. The lowest BCUT2D eigenvalue weighted by atomic mass is 9.98. The van der Waals surface area contributed by atoms with Gasteiger partial charge in [0.05, 0.1) is 18.5 Å². The molecule has 0 aromatic heterocycles. The maximum absolute atomic E-state index is 11.0. The van der Waals surface area contributed by atoms with Gasteiger partial charge in [-0.2, -0.15) is 4.91 Å². The van der Waals surface area contributed by atoms with Gasteiger partial charge in [-0.3, -0.25) is 0 Å². The molecular formula is C14H24NO8P. The molecule has 24 heavy (non-hydrogen) atoms. The average molecular weight is 365 g/mol. The summed E-state index contributed by atoms with van der Waals surface area (Å²) in [5.74, 6) is 0. The van der Waals surface area contributed by atoms with Crippen molar-refractivity contribution in [3.05, 3.63) is 17.2 Å². The summed E-state index contributed by atoms with van der Waals surface area (Å²) in [6, 6.07) is -0.898. The fourth-order valence-corrected chi connectivity index (χ4v) is 3.41. The third-order valence-corrected chi connectivity index (χ3v) is 5.12. The zero-order valence-electron chi connectivity index (χ0n) is 13.2. The molecule has 2 saturated heterocycles.